The van der Waals surface area contributed by atoms with Gasteiger partial charge in [0, 0.05) is 0 Å². The zero-order valence-electron chi connectivity index (χ0n) is 18.5. The van der Waals surface area contributed by atoms with Crippen LogP contribution in [0.15, 0.2) is 23.8 Å². The summed E-state index contributed by atoms with van der Waals surface area (Å²) < 4.78 is 5.57. The number of esters is 1. The summed E-state index contributed by atoms with van der Waals surface area (Å²) in [6.45, 7) is 20.0. The summed E-state index contributed by atoms with van der Waals surface area (Å²) >= 11 is 0. The van der Waals surface area contributed by atoms with Crippen molar-refractivity contribution in [3.05, 3.63) is 23.8 Å². The lowest BCUT2D eigenvalue weighted by molar-refractivity contribution is -0.149. The maximum atomic E-state index is 12.4. The topological polar surface area (TPSA) is 26.3 Å². The first-order valence-electron chi connectivity index (χ1n) is 10.4. The van der Waals surface area contributed by atoms with Crippen LogP contribution >= 0.6 is 0 Å². The van der Waals surface area contributed by atoms with Crippen LogP contribution in [-0.2, 0) is 9.53 Å². The molecule has 0 radical (unpaired) electrons. The summed E-state index contributed by atoms with van der Waals surface area (Å²) in [5, 5.41) is 0. The van der Waals surface area contributed by atoms with E-state index < -0.39 is 5.60 Å². The Kier molecular flexibility index (Phi) is 5.59. The maximum absolute atomic E-state index is 12.4. The Labute approximate surface area is 161 Å². The molecule has 26 heavy (non-hydrogen) atoms. The van der Waals surface area contributed by atoms with Crippen molar-refractivity contribution in [1.82, 2.24) is 0 Å². The molecule has 3 unspecified atom stereocenters. The molecular formula is C24H40O2. The summed E-state index contributed by atoms with van der Waals surface area (Å²) in [4.78, 5) is 12.4. The molecule has 2 aliphatic carbocycles. The third kappa shape index (κ3) is 4.43. The highest BCUT2D eigenvalue weighted by atomic mass is 16.6. The fourth-order valence-corrected chi connectivity index (χ4v) is 4.37. The Bertz CT molecular complexity index is 600. The molecule has 1 fully saturated rings. The van der Waals surface area contributed by atoms with Gasteiger partial charge in [-0.2, -0.15) is 0 Å². The van der Waals surface area contributed by atoms with Gasteiger partial charge in [0.25, 0.3) is 0 Å². The lowest BCUT2D eigenvalue weighted by atomic mass is 9.61. The normalized spacial score (nSPS) is 26.8. The van der Waals surface area contributed by atoms with Gasteiger partial charge in [0.15, 0.2) is 0 Å². The number of hydrogen-bond acceptors (Lipinski definition) is 2. The number of hydrogen-bond donors (Lipinski definition) is 0. The first-order valence-corrected chi connectivity index (χ1v) is 10.4. The first-order chi connectivity index (χ1) is 11.8. The van der Waals surface area contributed by atoms with Crippen LogP contribution in [0.5, 0.6) is 0 Å². The van der Waals surface area contributed by atoms with E-state index in [-0.39, 0.29) is 11.4 Å². The van der Waals surface area contributed by atoms with Crippen LogP contribution in [0, 0.1) is 28.1 Å². The van der Waals surface area contributed by atoms with Crippen molar-refractivity contribution in [1.29, 1.82) is 0 Å². The van der Waals surface area contributed by atoms with Gasteiger partial charge in [-0.15, -0.1) is 0 Å². The zero-order valence-corrected chi connectivity index (χ0v) is 18.5. The Hall–Kier alpha value is -1.05. The van der Waals surface area contributed by atoms with Crippen LogP contribution < -0.4 is 0 Å². The molecule has 0 spiro atoms. The highest BCUT2D eigenvalue weighted by molar-refractivity contribution is 5.92. The van der Waals surface area contributed by atoms with Gasteiger partial charge in [-0.1, -0.05) is 72.6 Å². The average molecular weight is 361 g/mol. The smallest absolute Gasteiger partial charge is 0.338 e. The molecule has 2 rings (SSSR count). The molecule has 2 heteroatoms. The standard InChI is InChI=1S/C24H40O2/c1-10-22(6,7)16-19(23(8,9)11-2)24-13-12-17(14-18(24)15-24)20(25)26-21(3,4)5/h12-14,18-19H,10-11,15-16H2,1-9H3. The van der Waals surface area contributed by atoms with E-state index in [0.29, 0.717) is 22.7 Å². The molecular weight excluding hydrogens is 320 g/mol. The molecule has 148 valence electrons. The van der Waals surface area contributed by atoms with Crippen molar-refractivity contribution < 1.29 is 9.53 Å². The maximum Gasteiger partial charge on any atom is 0.338 e. The van der Waals surface area contributed by atoms with E-state index in [0.717, 1.165) is 5.57 Å². The van der Waals surface area contributed by atoms with Crippen LogP contribution in [0.3, 0.4) is 0 Å². The predicted octanol–water partition coefficient (Wildman–Crippen LogP) is 6.71. The quantitative estimate of drug-likeness (QED) is 0.472. The lowest BCUT2D eigenvalue weighted by Crippen LogP contribution is -2.36. The van der Waals surface area contributed by atoms with E-state index in [9.17, 15) is 4.79 Å². The molecule has 0 aromatic rings. The van der Waals surface area contributed by atoms with Crippen molar-refractivity contribution in [3.8, 4) is 0 Å². The number of carbonyl (C=O) groups is 1. The molecule has 0 aliphatic heterocycles. The second-order valence-electron chi connectivity index (χ2n) is 11.0. The molecule has 0 N–H and O–H groups in total. The summed E-state index contributed by atoms with van der Waals surface area (Å²) in [7, 11) is 0. The van der Waals surface area contributed by atoms with Crippen LogP contribution in [-0.4, -0.2) is 11.6 Å². The van der Waals surface area contributed by atoms with Crippen LogP contribution in [0.2, 0.25) is 0 Å². The minimum Gasteiger partial charge on any atom is -0.456 e. The lowest BCUT2D eigenvalue weighted by Gasteiger charge is -2.44. The summed E-state index contributed by atoms with van der Waals surface area (Å²) in [6, 6.07) is 0. The van der Waals surface area contributed by atoms with E-state index in [2.05, 4.69) is 53.7 Å². The van der Waals surface area contributed by atoms with E-state index in [4.69, 9.17) is 4.74 Å². The Morgan fingerprint density at radius 2 is 1.77 bits per heavy atom. The number of fused-ring (bicyclic) bond motifs is 1. The molecule has 2 nitrogen and oxygen atoms in total. The van der Waals surface area contributed by atoms with Crippen LogP contribution in [0.25, 0.3) is 0 Å². The minimum atomic E-state index is -0.443. The molecule has 0 amide bonds. The van der Waals surface area contributed by atoms with Crippen LogP contribution in [0.1, 0.15) is 88.0 Å². The third-order valence-corrected chi connectivity index (χ3v) is 6.91. The molecule has 3 atom stereocenters. The number of carbonyl (C=O) groups excluding carboxylic acids is 1. The van der Waals surface area contributed by atoms with Gasteiger partial charge in [0.1, 0.15) is 5.60 Å². The van der Waals surface area contributed by atoms with Gasteiger partial charge in [-0.3, -0.25) is 0 Å². The van der Waals surface area contributed by atoms with Crippen LogP contribution in [0.4, 0.5) is 0 Å². The number of ether oxygens (including phenoxy) is 1. The van der Waals surface area contributed by atoms with E-state index in [1.807, 2.05) is 26.8 Å². The van der Waals surface area contributed by atoms with Crippen molar-refractivity contribution in [2.75, 3.05) is 0 Å². The van der Waals surface area contributed by atoms with E-state index in [1.165, 1.54) is 25.7 Å². The van der Waals surface area contributed by atoms with Crippen molar-refractivity contribution in [2.45, 2.75) is 93.6 Å². The van der Waals surface area contributed by atoms with Gasteiger partial charge >= 0.3 is 5.97 Å². The molecule has 2 aliphatic rings. The zero-order chi connectivity index (χ0) is 20.0. The Balaban J connectivity index is 2.24. The third-order valence-electron chi connectivity index (χ3n) is 6.91. The largest absolute Gasteiger partial charge is 0.456 e. The minimum absolute atomic E-state index is 0.186. The number of rotatable bonds is 7. The first kappa shape index (κ1) is 21.3. The second-order valence-corrected chi connectivity index (χ2v) is 11.0. The van der Waals surface area contributed by atoms with E-state index >= 15 is 0 Å². The van der Waals surface area contributed by atoms with Gasteiger partial charge in [-0.25, -0.2) is 4.79 Å². The fraction of sp³-hybridized carbons (Fsp3) is 0.792. The molecule has 0 heterocycles. The molecule has 1 saturated carbocycles. The van der Waals surface area contributed by atoms with Crippen molar-refractivity contribution in [2.24, 2.45) is 28.1 Å². The summed E-state index contributed by atoms with van der Waals surface area (Å²) in [5.74, 6) is 0.931. The van der Waals surface area contributed by atoms with Crippen molar-refractivity contribution >= 4 is 5.97 Å². The van der Waals surface area contributed by atoms with Gasteiger partial charge in [0.05, 0.1) is 5.57 Å². The second kappa shape index (κ2) is 6.84. The predicted molar refractivity (Wildman–Crippen MR) is 110 cm³/mol. The fourth-order valence-electron chi connectivity index (χ4n) is 4.37. The van der Waals surface area contributed by atoms with Crippen molar-refractivity contribution in [3.63, 3.8) is 0 Å². The van der Waals surface area contributed by atoms with Gasteiger partial charge < -0.3 is 4.74 Å². The Morgan fingerprint density at radius 1 is 1.15 bits per heavy atom. The monoisotopic (exact) mass is 360 g/mol. The van der Waals surface area contributed by atoms with E-state index in [1.54, 1.807) is 0 Å². The summed E-state index contributed by atoms with van der Waals surface area (Å²) in [6.07, 6.45) is 11.4. The SMILES string of the molecule is CCC(C)(C)CC(C(C)(C)CC)C12C=CC(C(=O)OC(C)(C)C)=CC1C2. The summed E-state index contributed by atoms with van der Waals surface area (Å²) in [5.41, 5.74) is 1.17. The average Bonchev–Trinajstić information content (AvgIpc) is 3.25. The molecule has 0 saturated heterocycles. The molecule has 0 aromatic heterocycles. The molecule has 0 aromatic carbocycles. The highest BCUT2D eigenvalue weighted by Crippen LogP contribution is 2.68. The Morgan fingerprint density at radius 3 is 2.23 bits per heavy atom. The van der Waals surface area contributed by atoms with Gasteiger partial charge in [0.2, 0.25) is 0 Å². The highest BCUT2D eigenvalue weighted by Gasteiger charge is 2.60. The molecule has 0 bridgehead atoms. The number of allylic oxidation sites excluding steroid dienone is 2. The van der Waals surface area contributed by atoms with Gasteiger partial charge in [-0.05, 0) is 61.7 Å².